The summed E-state index contributed by atoms with van der Waals surface area (Å²) in [6, 6.07) is 0. The minimum absolute atomic E-state index is 0. The van der Waals surface area contributed by atoms with Crippen LogP contribution in [0.1, 0.15) is 0 Å². The molecular formula is C6H12SZn. The van der Waals surface area contributed by atoms with Gasteiger partial charge in [0, 0.05) is 0 Å². The molecule has 0 nitrogen and oxygen atoms in total. The zero-order valence-electron chi connectivity index (χ0n) is 5.19. The normalized spacial score (nSPS) is 3.00. The average Bonchev–Trinajstić information content (AvgIpc) is 1.39. The van der Waals surface area contributed by atoms with Crippen molar-refractivity contribution in [2.75, 3.05) is 0 Å². The molecule has 0 aromatic carbocycles. The zero-order valence-corrected chi connectivity index (χ0v) is 9.16. The van der Waals surface area contributed by atoms with E-state index in [0.717, 1.165) is 0 Å². The molecular weight excluding hydrogens is 170 g/mol. The van der Waals surface area contributed by atoms with Crippen LogP contribution in [-0.4, -0.2) is 0 Å². The second-order valence-electron chi connectivity index (χ2n) is 0.577. The van der Waals surface area contributed by atoms with Crippen molar-refractivity contribution in [1.82, 2.24) is 0 Å². The Morgan fingerprint density at radius 1 is 1.00 bits per heavy atom. The molecule has 0 fully saturated rings. The van der Waals surface area contributed by atoms with Crippen molar-refractivity contribution in [2.45, 2.75) is 0 Å². The fraction of sp³-hybridized carbons (Fsp3) is 0. The summed E-state index contributed by atoms with van der Waals surface area (Å²) in [7, 11) is 0. The molecule has 8 heavy (non-hydrogen) atoms. The molecule has 0 saturated carbocycles. The van der Waals surface area contributed by atoms with Crippen molar-refractivity contribution >= 4 is 13.5 Å². The fourth-order valence-electron chi connectivity index (χ4n) is 0. The molecule has 0 aliphatic rings. The van der Waals surface area contributed by atoms with Gasteiger partial charge in [0.05, 0.1) is 0 Å². The van der Waals surface area contributed by atoms with Crippen LogP contribution in [0, 0.1) is 13.8 Å². The third-order valence-corrected chi connectivity index (χ3v) is 0. The third-order valence-electron chi connectivity index (χ3n) is 0. The van der Waals surface area contributed by atoms with Crippen molar-refractivity contribution in [3.63, 3.8) is 0 Å². The second-order valence-corrected chi connectivity index (χ2v) is 0.577. The molecule has 44 valence electrons. The van der Waals surface area contributed by atoms with E-state index >= 15 is 0 Å². The maximum absolute atomic E-state index is 3.25. The first kappa shape index (κ1) is 24.1. The molecule has 0 radical (unpaired) electrons. The first-order valence-electron chi connectivity index (χ1n) is 1.63. The van der Waals surface area contributed by atoms with Gasteiger partial charge in [0.2, 0.25) is 0 Å². The monoisotopic (exact) mass is 180 g/mol. The Balaban J connectivity index is -0.0000000160. The summed E-state index contributed by atoms with van der Waals surface area (Å²) < 4.78 is 0. The number of rotatable bonds is 0. The predicted molar refractivity (Wildman–Crippen MR) is 41.5 cm³/mol. The van der Waals surface area contributed by atoms with Crippen LogP contribution in [0.4, 0.5) is 0 Å². The molecule has 0 atom stereocenters. The molecule has 0 unspecified atom stereocenters. The summed E-state index contributed by atoms with van der Waals surface area (Å²) in [5.74, 6) is 0. The van der Waals surface area contributed by atoms with E-state index in [1.807, 2.05) is 0 Å². The van der Waals surface area contributed by atoms with E-state index in [0.29, 0.717) is 0 Å². The van der Waals surface area contributed by atoms with E-state index in [9.17, 15) is 0 Å². The summed E-state index contributed by atoms with van der Waals surface area (Å²) in [6.45, 7) is 13.0. The van der Waals surface area contributed by atoms with Gasteiger partial charge >= 0.3 is 19.5 Å². The molecule has 0 aromatic heterocycles. The molecule has 0 rings (SSSR count). The molecule has 0 aromatic rings. The fourth-order valence-corrected chi connectivity index (χ4v) is 0. The molecule has 0 heterocycles. The van der Waals surface area contributed by atoms with Crippen molar-refractivity contribution < 1.29 is 19.5 Å². The van der Waals surface area contributed by atoms with E-state index < -0.39 is 0 Å². The molecule has 2 heteroatoms. The summed E-state index contributed by atoms with van der Waals surface area (Å²) >= 11 is 0. The SMILES string of the molecule is C=C[CH2-].C=C[CH2-].S.[Zn+2]. The van der Waals surface area contributed by atoms with Crippen molar-refractivity contribution in [3.8, 4) is 0 Å². The number of hydrogen-bond acceptors (Lipinski definition) is 0. The minimum Gasteiger partial charge on any atom is -0.245 e. The Hall–Kier alpha value is 0.193. The minimum atomic E-state index is 0. The predicted octanol–water partition coefficient (Wildman–Crippen LogP) is 2.12. The Morgan fingerprint density at radius 3 is 1.00 bits per heavy atom. The average molecular weight is 182 g/mol. The Kier molecular flexibility index (Phi) is 173. The van der Waals surface area contributed by atoms with Crippen LogP contribution in [0.25, 0.3) is 0 Å². The van der Waals surface area contributed by atoms with Crippen molar-refractivity contribution in [1.29, 1.82) is 0 Å². The first-order valence-corrected chi connectivity index (χ1v) is 1.63. The Labute approximate surface area is 72.3 Å². The van der Waals surface area contributed by atoms with Gasteiger partial charge in [0.15, 0.2) is 0 Å². The molecule has 0 aliphatic carbocycles. The van der Waals surface area contributed by atoms with Gasteiger partial charge in [0.1, 0.15) is 0 Å². The van der Waals surface area contributed by atoms with Crippen molar-refractivity contribution in [3.05, 3.63) is 39.2 Å². The number of hydrogen-bond donors (Lipinski definition) is 0. The third kappa shape index (κ3) is 4470. The summed E-state index contributed by atoms with van der Waals surface area (Å²) in [5, 5.41) is 0. The van der Waals surface area contributed by atoms with E-state index in [1.165, 1.54) is 12.2 Å². The first-order chi connectivity index (χ1) is 2.83. The van der Waals surface area contributed by atoms with Gasteiger partial charge in [-0.25, -0.2) is 39.2 Å². The van der Waals surface area contributed by atoms with Gasteiger partial charge in [0.25, 0.3) is 0 Å². The van der Waals surface area contributed by atoms with Gasteiger partial charge in [-0.2, -0.15) is 13.5 Å². The molecule has 0 saturated heterocycles. The smallest absolute Gasteiger partial charge is 0.245 e. The molecule has 0 aliphatic heterocycles. The second kappa shape index (κ2) is 57.4. The van der Waals surface area contributed by atoms with Gasteiger partial charge in [-0.05, 0) is 0 Å². The maximum atomic E-state index is 3.25. The van der Waals surface area contributed by atoms with Crippen LogP contribution in [0.3, 0.4) is 0 Å². The topological polar surface area (TPSA) is 0 Å². The molecule has 0 amide bonds. The van der Waals surface area contributed by atoms with Gasteiger partial charge < -0.3 is 0 Å². The van der Waals surface area contributed by atoms with Gasteiger partial charge in [-0.3, -0.25) is 0 Å². The summed E-state index contributed by atoms with van der Waals surface area (Å²) in [5.41, 5.74) is 0. The number of allylic oxidation sites excluding steroid dienone is 2. The Bertz CT molecular complexity index is 29.5. The van der Waals surface area contributed by atoms with Gasteiger partial charge in [-0.1, -0.05) is 0 Å². The quantitative estimate of drug-likeness (QED) is 0.397. The standard InChI is InChI=1S/2C3H5.H2S.Zn/c2*1-3-2;;/h2*3H,1-2H2;1H2;/q2*-1;;+2. The van der Waals surface area contributed by atoms with E-state index in [-0.39, 0.29) is 33.0 Å². The maximum Gasteiger partial charge on any atom is 2.00 e. The van der Waals surface area contributed by atoms with Gasteiger partial charge in [-0.15, -0.1) is 0 Å². The summed E-state index contributed by atoms with van der Waals surface area (Å²) in [4.78, 5) is 0. The summed E-state index contributed by atoms with van der Waals surface area (Å²) in [6.07, 6.45) is 3.00. The van der Waals surface area contributed by atoms with Crippen molar-refractivity contribution in [2.24, 2.45) is 0 Å². The van der Waals surface area contributed by atoms with E-state index in [2.05, 4.69) is 27.0 Å². The van der Waals surface area contributed by atoms with Crippen LogP contribution in [0.2, 0.25) is 0 Å². The van der Waals surface area contributed by atoms with Crippen LogP contribution in [0.5, 0.6) is 0 Å². The van der Waals surface area contributed by atoms with Crippen LogP contribution in [0.15, 0.2) is 25.3 Å². The zero-order chi connectivity index (χ0) is 5.41. The molecule has 0 bridgehead atoms. The van der Waals surface area contributed by atoms with Crippen LogP contribution < -0.4 is 0 Å². The van der Waals surface area contributed by atoms with Crippen LogP contribution in [-0.2, 0) is 19.5 Å². The van der Waals surface area contributed by atoms with Crippen LogP contribution >= 0.6 is 13.5 Å². The van der Waals surface area contributed by atoms with E-state index in [4.69, 9.17) is 0 Å². The Morgan fingerprint density at radius 2 is 1.00 bits per heavy atom. The molecule has 0 N–H and O–H groups in total. The molecule has 0 spiro atoms. The largest absolute Gasteiger partial charge is 2.00 e. The van der Waals surface area contributed by atoms with E-state index in [1.54, 1.807) is 0 Å².